The Morgan fingerprint density at radius 2 is 2.41 bits per heavy atom. The van der Waals surface area contributed by atoms with Crippen LogP contribution >= 0.6 is 11.3 Å². The number of carbonyl (C=O) groups is 1. The largest absolute Gasteiger partial charge is 0.461 e. The summed E-state index contributed by atoms with van der Waals surface area (Å²) in [4.78, 5) is 15.7. The van der Waals surface area contributed by atoms with E-state index in [2.05, 4.69) is 15.3 Å². The highest BCUT2D eigenvalue weighted by atomic mass is 32.1. The average Bonchev–Trinajstić information content (AvgIpc) is 2.91. The number of nitrogens with zero attached hydrogens (tertiary/aromatic N) is 4. The molecule has 0 aliphatic heterocycles. The predicted molar refractivity (Wildman–Crippen MR) is 61.9 cm³/mol. The summed E-state index contributed by atoms with van der Waals surface area (Å²) in [5, 5.41) is 9.69. The zero-order valence-corrected chi connectivity index (χ0v) is 10.4. The Morgan fingerprint density at radius 1 is 1.59 bits per heavy atom. The van der Waals surface area contributed by atoms with Gasteiger partial charge in [-0.1, -0.05) is 5.21 Å². The first-order valence-electron chi connectivity index (χ1n) is 5.16. The van der Waals surface area contributed by atoms with E-state index in [0.29, 0.717) is 18.8 Å². The zero-order chi connectivity index (χ0) is 12.3. The first-order chi connectivity index (χ1) is 8.22. The Bertz CT molecular complexity index is 506. The Labute approximate surface area is 102 Å². The summed E-state index contributed by atoms with van der Waals surface area (Å²) in [6.45, 7) is 4.39. The number of carbonyl (C=O) groups excluding carboxylic acids is 1. The number of aromatic nitrogens is 4. The third-order valence-electron chi connectivity index (χ3n) is 2.25. The molecule has 0 aliphatic carbocycles. The van der Waals surface area contributed by atoms with E-state index in [1.165, 1.54) is 11.3 Å². The topological polar surface area (TPSA) is 69.9 Å². The highest BCUT2D eigenvalue weighted by Crippen LogP contribution is 2.09. The highest BCUT2D eigenvalue weighted by Gasteiger charge is 2.17. The van der Waals surface area contributed by atoms with Crippen LogP contribution in [0.25, 0.3) is 0 Å². The number of esters is 1. The molecule has 0 atom stereocenters. The Balaban J connectivity index is 2.18. The molecule has 0 unspecified atom stereocenters. The molecule has 90 valence electrons. The lowest BCUT2D eigenvalue weighted by atomic mass is 10.3. The van der Waals surface area contributed by atoms with Crippen molar-refractivity contribution in [3.8, 4) is 0 Å². The van der Waals surface area contributed by atoms with Crippen molar-refractivity contribution in [2.75, 3.05) is 6.61 Å². The van der Waals surface area contributed by atoms with Crippen molar-refractivity contribution in [1.82, 2.24) is 20.0 Å². The molecule has 2 rings (SSSR count). The molecule has 0 aromatic carbocycles. The second-order valence-electron chi connectivity index (χ2n) is 3.38. The van der Waals surface area contributed by atoms with Crippen LogP contribution in [0.5, 0.6) is 0 Å². The molecule has 0 aliphatic rings. The van der Waals surface area contributed by atoms with Gasteiger partial charge in [-0.3, -0.25) is 0 Å². The van der Waals surface area contributed by atoms with Gasteiger partial charge in [0.05, 0.1) is 30.1 Å². The van der Waals surface area contributed by atoms with Gasteiger partial charge >= 0.3 is 5.97 Å². The predicted octanol–water partition coefficient (Wildman–Crippen LogP) is 1.27. The van der Waals surface area contributed by atoms with Crippen molar-refractivity contribution in [1.29, 1.82) is 0 Å². The average molecular weight is 252 g/mol. The van der Waals surface area contributed by atoms with Crippen LogP contribution in [0, 0.1) is 6.92 Å². The molecule has 2 aromatic heterocycles. The molecule has 7 heteroatoms. The maximum absolute atomic E-state index is 11.5. The van der Waals surface area contributed by atoms with Crippen LogP contribution < -0.4 is 0 Å². The van der Waals surface area contributed by atoms with Crippen LogP contribution in [-0.2, 0) is 11.3 Å². The molecule has 0 saturated carbocycles. The summed E-state index contributed by atoms with van der Waals surface area (Å²) in [6.07, 6.45) is 0. The van der Waals surface area contributed by atoms with E-state index in [1.807, 2.05) is 5.38 Å². The van der Waals surface area contributed by atoms with Crippen molar-refractivity contribution in [3.05, 3.63) is 28.0 Å². The quantitative estimate of drug-likeness (QED) is 0.766. The van der Waals surface area contributed by atoms with Crippen LogP contribution in [-0.4, -0.2) is 32.6 Å². The lowest BCUT2D eigenvalue weighted by Gasteiger charge is -2.01. The first-order valence-corrected chi connectivity index (χ1v) is 6.11. The first kappa shape index (κ1) is 11.7. The van der Waals surface area contributed by atoms with Gasteiger partial charge in [-0.25, -0.2) is 14.5 Å². The third-order valence-corrected chi connectivity index (χ3v) is 2.88. The van der Waals surface area contributed by atoms with Gasteiger partial charge in [0.25, 0.3) is 0 Å². The van der Waals surface area contributed by atoms with Crippen LogP contribution in [0.1, 0.15) is 28.8 Å². The third kappa shape index (κ3) is 2.50. The minimum Gasteiger partial charge on any atom is -0.461 e. The summed E-state index contributed by atoms with van der Waals surface area (Å²) in [5.41, 5.74) is 3.62. The van der Waals surface area contributed by atoms with Gasteiger partial charge < -0.3 is 4.74 Å². The number of thiazole rings is 1. The van der Waals surface area contributed by atoms with Crippen LogP contribution in [0.2, 0.25) is 0 Å². The standard InChI is InChI=1S/C10H12N4O2S/c1-3-16-10(15)9-7(2)14(13-12-9)4-8-5-17-6-11-8/h5-6H,3-4H2,1-2H3. The molecule has 0 radical (unpaired) electrons. The molecule has 2 heterocycles. The van der Waals surface area contributed by atoms with Crippen molar-refractivity contribution in [2.45, 2.75) is 20.4 Å². The highest BCUT2D eigenvalue weighted by molar-refractivity contribution is 7.07. The monoisotopic (exact) mass is 252 g/mol. The lowest BCUT2D eigenvalue weighted by molar-refractivity contribution is 0.0518. The Hall–Kier alpha value is -1.76. The fourth-order valence-electron chi connectivity index (χ4n) is 1.37. The molecule has 0 N–H and O–H groups in total. The van der Waals surface area contributed by atoms with Gasteiger partial charge in [0, 0.05) is 5.38 Å². The number of rotatable bonds is 4. The van der Waals surface area contributed by atoms with E-state index >= 15 is 0 Å². The van der Waals surface area contributed by atoms with E-state index in [1.54, 1.807) is 24.0 Å². The minimum absolute atomic E-state index is 0.266. The molecular weight excluding hydrogens is 240 g/mol. The summed E-state index contributed by atoms with van der Waals surface area (Å²) in [5.74, 6) is -0.436. The number of ether oxygens (including phenoxy) is 1. The maximum Gasteiger partial charge on any atom is 0.360 e. The molecule has 2 aromatic rings. The van der Waals surface area contributed by atoms with Gasteiger partial charge in [0.15, 0.2) is 5.69 Å². The van der Waals surface area contributed by atoms with Crippen molar-refractivity contribution >= 4 is 17.3 Å². The fourth-order valence-corrected chi connectivity index (χ4v) is 1.92. The molecule has 6 nitrogen and oxygen atoms in total. The van der Waals surface area contributed by atoms with Gasteiger partial charge in [-0.15, -0.1) is 16.4 Å². The van der Waals surface area contributed by atoms with Crippen molar-refractivity contribution in [3.63, 3.8) is 0 Å². The van der Waals surface area contributed by atoms with Crippen LogP contribution in [0.15, 0.2) is 10.9 Å². The Morgan fingerprint density at radius 3 is 3.06 bits per heavy atom. The zero-order valence-electron chi connectivity index (χ0n) is 9.58. The SMILES string of the molecule is CCOC(=O)c1nnn(Cc2cscn2)c1C. The van der Waals surface area contributed by atoms with E-state index in [4.69, 9.17) is 4.74 Å². The molecule has 0 bridgehead atoms. The molecular formula is C10H12N4O2S. The van der Waals surface area contributed by atoms with E-state index < -0.39 is 5.97 Å². The molecule has 0 saturated heterocycles. The normalized spacial score (nSPS) is 10.5. The second kappa shape index (κ2) is 5.05. The Kier molecular flexibility index (Phi) is 3.48. The summed E-state index contributed by atoms with van der Waals surface area (Å²) in [6, 6.07) is 0. The van der Waals surface area contributed by atoms with E-state index in [-0.39, 0.29) is 5.69 Å². The lowest BCUT2D eigenvalue weighted by Crippen LogP contribution is -2.09. The summed E-state index contributed by atoms with van der Waals surface area (Å²) < 4.78 is 6.53. The van der Waals surface area contributed by atoms with Gasteiger partial charge in [0.1, 0.15) is 0 Å². The molecule has 0 fully saturated rings. The molecule has 0 amide bonds. The summed E-state index contributed by atoms with van der Waals surface area (Å²) >= 11 is 1.52. The van der Waals surface area contributed by atoms with Crippen LogP contribution in [0.4, 0.5) is 0 Å². The van der Waals surface area contributed by atoms with Crippen molar-refractivity contribution < 1.29 is 9.53 Å². The van der Waals surface area contributed by atoms with Gasteiger partial charge in [-0.05, 0) is 13.8 Å². The van der Waals surface area contributed by atoms with Gasteiger partial charge in [0.2, 0.25) is 0 Å². The number of hydrogen-bond acceptors (Lipinski definition) is 6. The number of hydrogen-bond donors (Lipinski definition) is 0. The summed E-state index contributed by atoms with van der Waals surface area (Å²) in [7, 11) is 0. The maximum atomic E-state index is 11.5. The fraction of sp³-hybridized carbons (Fsp3) is 0.400. The van der Waals surface area contributed by atoms with Crippen molar-refractivity contribution in [2.24, 2.45) is 0 Å². The smallest absolute Gasteiger partial charge is 0.360 e. The minimum atomic E-state index is -0.436. The van der Waals surface area contributed by atoms with E-state index in [0.717, 1.165) is 5.69 Å². The molecule has 0 spiro atoms. The van der Waals surface area contributed by atoms with Crippen LogP contribution in [0.3, 0.4) is 0 Å². The van der Waals surface area contributed by atoms with E-state index in [9.17, 15) is 4.79 Å². The van der Waals surface area contributed by atoms with Gasteiger partial charge in [-0.2, -0.15) is 0 Å². The second-order valence-corrected chi connectivity index (χ2v) is 4.10. The molecule has 17 heavy (non-hydrogen) atoms.